The molecule has 0 fully saturated rings. The van der Waals surface area contributed by atoms with Gasteiger partial charge in [0.15, 0.2) is 0 Å². The second-order valence-electron chi connectivity index (χ2n) is 4.11. The number of anilines is 1. The Morgan fingerprint density at radius 3 is 2.62 bits per heavy atom. The van der Waals surface area contributed by atoms with Crippen LogP contribution in [0.5, 0.6) is 0 Å². The number of aromatic nitrogens is 3. The van der Waals surface area contributed by atoms with Crippen LogP contribution < -0.4 is 5.32 Å². The van der Waals surface area contributed by atoms with Crippen molar-refractivity contribution in [3.63, 3.8) is 0 Å². The van der Waals surface area contributed by atoms with Crippen molar-refractivity contribution < 1.29 is 18.0 Å². The summed E-state index contributed by atoms with van der Waals surface area (Å²) in [6, 6.07) is 3.24. The van der Waals surface area contributed by atoms with E-state index in [-0.39, 0.29) is 5.56 Å². The number of alkyl halides is 3. The van der Waals surface area contributed by atoms with Gasteiger partial charge in [-0.05, 0) is 12.1 Å². The van der Waals surface area contributed by atoms with Crippen LogP contribution in [0, 0.1) is 5.41 Å². The highest BCUT2D eigenvalue weighted by molar-refractivity contribution is 6.03. The van der Waals surface area contributed by atoms with Crippen molar-refractivity contribution in [2.75, 3.05) is 5.32 Å². The van der Waals surface area contributed by atoms with Crippen LogP contribution in [0.25, 0.3) is 0 Å². The van der Waals surface area contributed by atoms with Crippen LogP contribution in [-0.2, 0) is 13.2 Å². The fourth-order valence-electron chi connectivity index (χ4n) is 1.56. The Hall–Kier alpha value is -2.71. The van der Waals surface area contributed by atoms with E-state index in [0.717, 1.165) is 24.5 Å². The van der Waals surface area contributed by atoms with Crippen LogP contribution in [-0.4, -0.2) is 26.9 Å². The topological polar surface area (TPSA) is 83.7 Å². The third-order valence-corrected chi connectivity index (χ3v) is 2.60. The number of nitrogens with zero attached hydrogens (tertiary/aromatic N) is 3. The molecule has 2 heterocycles. The Labute approximate surface area is 117 Å². The van der Waals surface area contributed by atoms with Gasteiger partial charge >= 0.3 is 6.18 Å². The smallest absolute Gasteiger partial charge is 0.307 e. The fourth-order valence-corrected chi connectivity index (χ4v) is 1.56. The first-order valence-electron chi connectivity index (χ1n) is 5.70. The van der Waals surface area contributed by atoms with Crippen molar-refractivity contribution >= 4 is 17.9 Å². The van der Waals surface area contributed by atoms with Crippen LogP contribution in [0.1, 0.15) is 21.7 Å². The van der Waals surface area contributed by atoms with E-state index >= 15 is 0 Å². The molecule has 0 bridgehead atoms. The molecular formula is C12H10F3N5O. The maximum absolute atomic E-state index is 12.4. The number of hydrogen-bond donors (Lipinski definition) is 2. The number of amides is 1. The molecule has 0 aliphatic heterocycles. The minimum absolute atomic E-state index is 0.0133. The molecule has 2 N–H and O–H groups in total. The van der Waals surface area contributed by atoms with E-state index in [1.165, 1.54) is 10.7 Å². The minimum Gasteiger partial charge on any atom is -0.307 e. The average Bonchev–Trinajstić information content (AvgIpc) is 2.78. The van der Waals surface area contributed by atoms with Crippen LogP contribution in [0.15, 0.2) is 24.4 Å². The molecule has 0 aromatic carbocycles. The summed E-state index contributed by atoms with van der Waals surface area (Å²) in [6.07, 6.45) is -2.68. The number of pyridine rings is 1. The fraction of sp³-hybridized carbons (Fsp3) is 0.167. The molecule has 2 aromatic rings. The molecule has 0 saturated carbocycles. The maximum atomic E-state index is 12.4. The van der Waals surface area contributed by atoms with Crippen molar-refractivity contribution in [1.29, 1.82) is 5.41 Å². The standard InChI is InChI=1S/C12H10F3N5O/c1-20-10(4-8(5-16)19-20)18-11(21)7-2-3-9(17-6-7)12(13,14)15/h2-6,16H,1H3,(H,18,21). The van der Waals surface area contributed by atoms with E-state index in [0.29, 0.717) is 11.5 Å². The second kappa shape index (κ2) is 5.35. The third kappa shape index (κ3) is 3.25. The van der Waals surface area contributed by atoms with Crippen LogP contribution in [0.3, 0.4) is 0 Å². The Bertz CT molecular complexity index is 675. The van der Waals surface area contributed by atoms with Crippen LogP contribution in [0.4, 0.5) is 19.0 Å². The van der Waals surface area contributed by atoms with Gasteiger partial charge in [0.05, 0.1) is 5.56 Å². The van der Waals surface area contributed by atoms with Crippen molar-refractivity contribution in [1.82, 2.24) is 14.8 Å². The van der Waals surface area contributed by atoms with Gasteiger partial charge in [0.1, 0.15) is 17.2 Å². The minimum atomic E-state index is -4.55. The Morgan fingerprint density at radius 2 is 2.14 bits per heavy atom. The van der Waals surface area contributed by atoms with Crippen LogP contribution in [0.2, 0.25) is 0 Å². The molecule has 6 nitrogen and oxygen atoms in total. The predicted molar refractivity (Wildman–Crippen MR) is 68.3 cm³/mol. The van der Waals surface area contributed by atoms with E-state index < -0.39 is 17.8 Å². The number of rotatable bonds is 3. The summed E-state index contributed by atoms with van der Waals surface area (Å²) in [5, 5.41) is 13.4. The molecule has 2 aromatic heterocycles. The van der Waals surface area contributed by atoms with Crippen molar-refractivity contribution in [2.45, 2.75) is 6.18 Å². The molecule has 0 atom stereocenters. The molecule has 110 valence electrons. The zero-order chi connectivity index (χ0) is 15.6. The van der Waals surface area contributed by atoms with E-state index in [9.17, 15) is 18.0 Å². The molecule has 2 rings (SSSR count). The molecule has 0 saturated heterocycles. The summed E-state index contributed by atoms with van der Waals surface area (Å²) in [7, 11) is 1.56. The summed E-state index contributed by atoms with van der Waals surface area (Å²) < 4.78 is 38.4. The zero-order valence-electron chi connectivity index (χ0n) is 10.8. The first-order valence-corrected chi connectivity index (χ1v) is 5.70. The van der Waals surface area contributed by atoms with Gasteiger partial charge in [-0.3, -0.25) is 14.5 Å². The lowest BCUT2D eigenvalue weighted by Gasteiger charge is -2.07. The lowest BCUT2D eigenvalue weighted by molar-refractivity contribution is -0.141. The van der Waals surface area contributed by atoms with E-state index in [1.54, 1.807) is 7.05 Å². The number of halogens is 3. The number of carbonyl (C=O) groups is 1. The lowest BCUT2D eigenvalue weighted by Crippen LogP contribution is -2.16. The molecule has 0 unspecified atom stereocenters. The highest BCUT2D eigenvalue weighted by atomic mass is 19.4. The Balaban J connectivity index is 2.16. The van der Waals surface area contributed by atoms with Crippen LogP contribution >= 0.6 is 0 Å². The maximum Gasteiger partial charge on any atom is 0.433 e. The monoisotopic (exact) mass is 297 g/mol. The number of aryl methyl sites for hydroxylation is 1. The molecule has 1 amide bonds. The van der Waals surface area contributed by atoms with Crippen molar-refractivity contribution in [3.8, 4) is 0 Å². The van der Waals surface area contributed by atoms with Gasteiger partial charge in [0.25, 0.3) is 5.91 Å². The SMILES string of the molecule is Cn1nc(C=N)cc1NC(=O)c1ccc(C(F)(F)F)nc1. The summed E-state index contributed by atoms with van der Waals surface area (Å²) in [5.74, 6) is -0.297. The Morgan fingerprint density at radius 1 is 1.43 bits per heavy atom. The van der Waals surface area contributed by atoms with Gasteiger partial charge in [-0.15, -0.1) is 0 Å². The number of carbonyl (C=O) groups excluding carboxylic acids is 1. The molecule has 9 heteroatoms. The molecule has 0 aliphatic rings. The number of nitrogens with one attached hydrogen (secondary N) is 2. The quantitative estimate of drug-likeness (QED) is 0.851. The highest BCUT2D eigenvalue weighted by Gasteiger charge is 2.32. The summed E-state index contributed by atoms with van der Waals surface area (Å²) in [4.78, 5) is 15.1. The first kappa shape index (κ1) is 14.7. The summed E-state index contributed by atoms with van der Waals surface area (Å²) >= 11 is 0. The van der Waals surface area contributed by atoms with Crippen molar-refractivity contribution in [3.05, 3.63) is 41.3 Å². The number of hydrogen-bond acceptors (Lipinski definition) is 4. The lowest BCUT2D eigenvalue weighted by atomic mass is 10.2. The van der Waals surface area contributed by atoms with Gasteiger partial charge in [-0.1, -0.05) is 0 Å². The normalized spacial score (nSPS) is 11.2. The molecule has 0 aliphatic carbocycles. The van der Waals surface area contributed by atoms with Gasteiger partial charge in [0, 0.05) is 25.5 Å². The van der Waals surface area contributed by atoms with Gasteiger partial charge in [-0.2, -0.15) is 18.3 Å². The molecule has 0 spiro atoms. The molecule has 21 heavy (non-hydrogen) atoms. The van der Waals surface area contributed by atoms with Gasteiger partial charge in [-0.25, -0.2) is 0 Å². The second-order valence-corrected chi connectivity index (χ2v) is 4.11. The van der Waals surface area contributed by atoms with E-state index in [1.807, 2.05) is 0 Å². The predicted octanol–water partition coefficient (Wildman–Crippen LogP) is 2.08. The van der Waals surface area contributed by atoms with Crippen molar-refractivity contribution in [2.24, 2.45) is 7.05 Å². The third-order valence-electron chi connectivity index (χ3n) is 2.60. The summed E-state index contributed by atoms with van der Waals surface area (Å²) in [6.45, 7) is 0. The van der Waals surface area contributed by atoms with Gasteiger partial charge < -0.3 is 10.7 Å². The highest BCUT2D eigenvalue weighted by Crippen LogP contribution is 2.27. The largest absolute Gasteiger partial charge is 0.433 e. The summed E-state index contributed by atoms with van der Waals surface area (Å²) in [5.41, 5.74) is -0.732. The van der Waals surface area contributed by atoms with Gasteiger partial charge in [0.2, 0.25) is 0 Å². The van der Waals surface area contributed by atoms with E-state index in [2.05, 4.69) is 15.4 Å². The zero-order valence-corrected chi connectivity index (χ0v) is 10.8. The Kier molecular flexibility index (Phi) is 3.74. The van der Waals surface area contributed by atoms with E-state index in [4.69, 9.17) is 5.41 Å². The first-order chi connectivity index (χ1) is 9.81. The molecular weight excluding hydrogens is 287 g/mol. The average molecular weight is 297 g/mol. The molecule has 0 radical (unpaired) electrons.